The van der Waals surface area contributed by atoms with Crippen LogP contribution in [0.5, 0.6) is 5.88 Å². The summed E-state index contributed by atoms with van der Waals surface area (Å²) in [5.74, 6) is 0.680. The van der Waals surface area contributed by atoms with Gasteiger partial charge in [-0.25, -0.2) is 4.79 Å². The van der Waals surface area contributed by atoms with Crippen LogP contribution in [0.4, 0.5) is 0 Å². The molecule has 92 valence electrons. The first kappa shape index (κ1) is 10.6. The Labute approximate surface area is 98.6 Å². The van der Waals surface area contributed by atoms with Crippen molar-refractivity contribution in [1.82, 2.24) is 9.13 Å². The minimum absolute atomic E-state index is 0.0967. The average molecular weight is 236 g/mol. The molecule has 5 heteroatoms. The van der Waals surface area contributed by atoms with E-state index in [4.69, 9.17) is 4.74 Å². The van der Waals surface area contributed by atoms with Crippen LogP contribution in [0.15, 0.2) is 9.59 Å². The smallest absolute Gasteiger partial charge is 0.333 e. The summed E-state index contributed by atoms with van der Waals surface area (Å²) in [6.45, 7) is 0. The number of aromatic nitrogens is 2. The summed E-state index contributed by atoms with van der Waals surface area (Å²) in [7, 11) is 3.19. The molecule has 0 spiro atoms. The third-order valence-electron chi connectivity index (χ3n) is 3.98. The summed E-state index contributed by atoms with van der Waals surface area (Å²) in [4.78, 5) is 24.0. The minimum atomic E-state index is -0.313. The van der Waals surface area contributed by atoms with Gasteiger partial charge in [-0.1, -0.05) is 6.42 Å². The molecule has 1 saturated carbocycles. The molecule has 5 nitrogen and oxygen atoms in total. The maximum Gasteiger partial charge on any atom is 0.333 e. The molecular formula is C12H16N2O3. The molecule has 17 heavy (non-hydrogen) atoms. The van der Waals surface area contributed by atoms with E-state index in [2.05, 4.69) is 0 Å². The Hall–Kier alpha value is -1.52. The van der Waals surface area contributed by atoms with Gasteiger partial charge in [0.05, 0.1) is 5.56 Å². The lowest BCUT2D eigenvalue weighted by atomic mass is 9.84. The first-order valence-electron chi connectivity index (χ1n) is 6.08. The molecule has 0 saturated heterocycles. The van der Waals surface area contributed by atoms with Gasteiger partial charge in [-0.3, -0.25) is 13.9 Å². The van der Waals surface area contributed by atoms with E-state index in [1.165, 1.54) is 16.2 Å². The minimum Gasteiger partial charge on any atom is -0.474 e. The molecule has 1 aromatic rings. The fourth-order valence-corrected chi connectivity index (χ4v) is 3.02. The van der Waals surface area contributed by atoms with Gasteiger partial charge in [-0.2, -0.15) is 0 Å². The Morgan fingerprint density at radius 1 is 1.12 bits per heavy atom. The van der Waals surface area contributed by atoms with Crippen LogP contribution in [-0.2, 0) is 14.1 Å². The molecule has 0 unspecified atom stereocenters. The average Bonchev–Trinajstić information content (AvgIpc) is 2.73. The zero-order valence-electron chi connectivity index (χ0n) is 10.1. The van der Waals surface area contributed by atoms with Crippen LogP contribution in [0.2, 0.25) is 0 Å². The number of nitrogens with zero attached hydrogens (tertiary/aromatic N) is 2. The van der Waals surface area contributed by atoms with Crippen molar-refractivity contribution in [3.05, 3.63) is 26.4 Å². The fourth-order valence-electron chi connectivity index (χ4n) is 3.02. The molecule has 1 aromatic heterocycles. The zero-order chi connectivity index (χ0) is 12.2. The van der Waals surface area contributed by atoms with Crippen LogP contribution in [0.25, 0.3) is 0 Å². The van der Waals surface area contributed by atoms with Gasteiger partial charge in [0.2, 0.25) is 5.88 Å². The Kier molecular flexibility index (Phi) is 2.18. The maximum atomic E-state index is 12.2. The molecule has 2 heterocycles. The van der Waals surface area contributed by atoms with Gasteiger partial charge in [-0.15, -0.1) is 0 Å². The van der Waals surface area contributed by atoms with E-state index in [1.807, 2.05) is 0 Å². The van der Waals surface area contributed by atoms with Crippen molar-refractivity contribution < 1.29 is 4.74 Å². The summed E-state index contributed by atoms with van der Waals surface area (Å²) < 4.78 is 8.44. The van der Waals surface area contributed by atoms with Crippen LogP contribution < -0.4 is 16.0 Å². The highest BCUT2D eigenvalue weighted by Gasteiger charge is 2.40. The van der Waals surface area contributed by atoms with Crippen molar-refractivity contribution in [2.45, 2.75) is 37.7 Å². The Morgan fingerprint density at radius 3 is 2.59 bits per heavy atom. The number of ether oxygens (including phenoxy) is 1. The lowest BCUT2D eigenvalue weighted by Crippen LogP contribution is -2.38. The molecular weight excluding hydrogens is 220 g/mol. The van der Waals surface area contributed by atoms with Crippen LogP contribution >= 0.6 is 0 Å². The van der Waals surface area contributed by atoms with E-state index >= 15 is 0 Å². The second kappa shape index (κ2) is 3.48. The highest BCUT2D eigenvalue weighted by molar-refractivity contribution is 5.34. The largest absolute Gasteiger partial charge is 0.474 e. The first-order valence-corrected chi connectivity index (χ1v) is 6.08. The molecule has 2 aliphatic rings. The normalized spacial score (nSPS) is 26.2. The molecule has 2 atom stereocenters. The van der Waals surface area contributed by atoms with Crippen LogP contribution in [0, 0.1) is 0 Å². The molecule has 0 N–H and O–H groups in total. The third-order valence-corrected chi connectivity index (χ3v) is 3.98. The second-order valence-corrected chi connectivity index (χ2v) is 4.97. The van der Waals surface area contributed by atoms with Crippen molar-refractivity contribution in [1.29, 1.82) is 0 Å². The predicted molar refractivity (Wildman–Crippen MR) is 62.5 cm³/mol. The maximum absolute atomic E-state index is 12.2. The van der Waals surface area contributed by atoms with E-state index in [1.54, 1.807) is 7.05 Å². The Bertz CT molecular complexity index is 585. The lowest BCUT2D eigenvalue weighted by Gasteiger charge is -2.23. The van der Waals surface area contributed by atoms with Gasteiger partial charge in [0.15, 0.2) is 0 Å². The van der Waals surface area contributed by atoms with Gasteiger partial charge in [0.1, 0.15) is 6.10 Å². The molecule has 0 aromatic carbocycles. The molecule has 3 rings (SSSR count). The quantitative estimate of drug-likeness (QED) is 0.659. The summed E-state index contributed by atoms with van der Waals surface area (Å²) in [5.41, 5.74) is 0.212. The van der Waals surface area contributed by atoms with Crippen molar-refractivity contribution in [2.75, 3.05) is 0 Å². The van der Waals surface area contributed by atoms with Gasteiger partial charge < -0.3 is 4.74 Å². The van der Waals surface area contributed by atoms with Crippen molar-refractivity contribution in [2.24, 2.45) is 14.1 Å². The summed E-state index contributed by atoms with van der Waals surface area (Å²) in [6.07, 6.45) is 4.35. The monoisotopic (exact) mass is 236 g/mol. The van der Waals surface area contributed by atoms with Crippen LogP contribution in [-0.4, -0.2) is 15.2 Å². The Morgan fingerprint density at radius 2 is 1.82 bits per heavy atom. The van der Waals surface area contributed by atoms with Crippen molar-refractivity contribution >= 4 is 0 Å². The molecule has 0 amide bonds. The highest BCUT2D eigenvalue weighted by Crippen LogP contribution is 2.42. The highest BCUT2D eigenvalue weighted by atomic mass is 16.5. The zero-order valence-corrected chi connectivity index (χ0v) is 10.1. The van der Waals surface area contributed by atoms with Crippen LogP contribution in [0.3, 0.4) is 0 Å². The van der Waals surface area contributed by atoms with Gasteiger partial charge in [0, 0.05) is 20.0 Å². The van der Waals surface area contributed by atoms with Crippen molar-refractivity contribution in [3.63, 3.8) is 0 Å². The van der Waals surface area contributed by atoms with Gasteiger partial charge >= 0.3 is 5.69 Å². The predicted octanol–water partition coefficient (Wildman–Crippen LogP) is 0.503. The van der Waals surface area contributed by atoms with E-state index in [0.29, 0.717) is 11.4 Å². The molecule has 1 aliphatic heterocycles. The number of hydrogen-bond donors (Lipinski definition) is 0. The number of fused-ring (bicyclic) bond motifs is 3. The van der Waals surface area contributed by atoms with E-state index < -0.39 is 0 Å². The summed E-state index contributed by atoms with van der Waals surface area (Å²) >= 11 is 0. The summed E-state index contributed by atoms with van der Waals surface area (Å²) in [6, 6.07) is 0. The van der Waals surface area contributed by atoms with Crippen molar-refractivity contribution in [3.8, 4) is 5.88 Å². The summed E-state index contributed by atoms with van der Waals surface area (Å²) in [5, 5.41) is 0. The standard InChI is InChI=1S/C12H16N2O3/c1-13-10(15)9-7-5-3-4-6-8(7)17-11(9)14(2)12(13)16/h7-8H,3-6H2,1-2H3/t7-,8+/m1/s1. The third kappa shape index (κ3) is 1.31. The lowest BCUT2D eigenvalue weighted by molar-refractivity contribution is 0.154. The van der Waals surface area contributed by atoms with Crippen LogP contribution in [0.1, 0.15) is 37.2 Å². The molecule has 1 aliphatic carbocycles. The SMILES string of the molecule is Cn1c2c(c(=O)n(C)c1=O)[C@@H]1CCCC[C@@H]1O2. The molecule has 0 radical (unpaired) electrons. The first-order chi connectivity index (χ1) is 8.11. The van der Waals surface area contributed by atoms with E-state index in [-0.39, 0.29) is 23.3 Å². The second-order valence-electron chi connectivity index (χ2n) is 4.97. The van der Waals surface area contributed by atoms with Gasteiger partial charge in [0.25, 0.3) is 5.56 Å². The number of hydrogen-bond acceptors (Lipinski definition) is 3. The molecule has 0 bridgehead atoms. The van der Waals surface area contributed by atoms with Gasteiger partial charge in [-0.05, 0) is 19.3 Å². The fraction of sp³-hybridized carbons (Fsp3) is 0.667. The molecule has 1 fully saturated rings. The van der Waals surface area contributed by atoms with E-state index in [0.717, 1.165) is 25.7 Å². The number of rotatable bonds is 0. The van der Waals surface area contributed by atoms with E-state index in [9.17, 15) is 9.59 Å². The topological polar surface area (TPSA) is 53.2 Å². The Balaban J connectivity index is 2.27.